The number of hydrogen-bond donors (Lipinski definition) is 1. The van der Waals surface area contributed by atoms with Gasteiger partial charge < -0.3 is 14.9 Å². The number of nitrogens with zero attached hydrogens (tertiary/aromatic N) is 3. The number of rotatable bonds is 5. The van der Waals surface area contributed by atoms with E-state index < -0.39 is 11.6 Å². The summed E-state index contributed by atoms with van der Waals surface area (Å²) in [6, 6.07) is 22.4. The molecule has 0 aliphatic heterocycles. The van der Waals surface area contributed by atoms with Gasteiger partial charge in [-0.2, -0.15) is 0 Å². The van der Waals surface area contributed by atoms with E-state index in [0.717, 1.165) is 22.4 Å². The maximum atomic E-state index is 12.1. The number of aromatic nitrogens is 3. The van der Waals surface area contributed by atoms with Gasteiger partial charge in [-0.3, -0.25) is 0 Å². The molecule has 0 saturated carbocycles. The Morgan fingerprint density at radius 1 is 0.971 bits per heavy atom. The highest BCUT2D eigenvalue weighted by atomic mass is 16.5. The number of carbonyl (C=O) groups excluding carboxylic acids is 1. The Morgan fingerprint density at radius 3 is 2.35 bits per heavy atom. The summed E-state index contributed by atoms with van der Waals surface area (Å²) in [6.45, 7) is 1.84. The van der Waals surface area contributed by atoms with Crippen LogP contribution in [0.25, 0.3) is 39.0 Å². The van der Waals surface area contributed by atoms with Crippen molar-refractivity contribution in [2.45, 2.75) is 6.92 Å². The molecule has 8 heteroatoms. The lowest BCUT2D eigenvalue weighted by molar-refractivity contribution is 0.0522. The first kappa shape index (κ1) is 21.1. The summed E-state index contributed by atoms with van der Waals surface area (Å²) in [6.07, 6.45) is 1.81. The van der Waals surface area contributed by atoms with Crippen LogP contribution in [0, 0.1) is 0 Å². The smallest absolute Gasteiger partial charge is 0.351 e. The number of hydrogen-bond acceptors (Lipinski definition) is 7. The number of ether oxygens (including phenoxy) is 1. The maximum absolute atomic E-state index is 12.1. The molecule has 0 aliphatic carbocycles. The second kappa shape index (κ2) is 8.67. The van der Waals surface area contributed by atoms with Gasteiger partial charge >= 0.3 is 11.6 Å². The van der Waals surface area contributed by atoms with Gasteiger partial charge in [0.15, 0.2) is 0 Å². The molecule has 0 saturated heterocycles. The van der Waals surface area contributed by atoms with Crippen LogP contribution in [0.1, 0.15) is 17.3 Å². The first-order chi connectivity index (χ1) is 16.5. The Bertz CT molecular complexity index is 1550. The predicted octanol–water partition coefficient (Wildman–Crippen LogP) is 4.47. The second-order valence-corrected chi connectivity index (χ2v) is 7.64. The van der Waals surface area contributed by atoms with Crippen LogP contribution in [0.15, 0.2) is 88.2 Å². The van der Waals surface area contributed by atoms with Gasteiger partial charge in [-0.1, -0.05) is 41.6 Å². The van der Waals surface area contributed by atoms with Crippen LogP contribution >= 0.6 is 0 Å². The molecule has 0 spiro atoms. The number of benzene rings is 3. The van der Waals surface area contributed by atoms with E-state index >= 15 is 0 Å². The Kier molecular flexibility index (Phi) is 5.39. The Balaban J connectivity index is 1.44. The molecule has 2 N–H and O–H groups in total. The molecule has 2 aromatic heterocycles. The third kappa shape index (κ3) is 4.04. The van der Waals surface area contributed by atoms with Crippen molar-refractivity contribution in [2.75, 3.05) is 12.3 Å². The highest BCUT2D eigenvalue weighted by Crippen LogP contribution is 2.25. The van der Waals surface area contributed by atoms with Crippen molar-refractivity contribution < 1.29 is 13.9 Å². The van der Waals surface area contributed by atoms with Gasteiger partial charge in [0.2, 0.25) is 0 Å². The van der Waals surface area contributed by atoms with Crippen LogP contribution in [-0.4, -0.2) is 27.6 Å². The van der Waals surface area contributed by atoms with Gasteiger partial charge in [0.1, 0.15) is 16.8 Å². The molecule has 8 nitrogen and oxygen atoms in total. The molecule has 0 unspecified atom stereocenters. The van der Waals surface area contributed by atoms with Crippen LogP contribution in [0.2, 0.25) is 0 Å². The lowest BCUT2D eigenvalue weighted by Gasteiger charge is -2.05. The summed E-state index contributed by atoms with van der Waals surface area (Å²) in [4.78, 5) is 24.1. The molecule has 0 bridgehead atoms. The largest absolute Gasteiger partial charge is 0.462 e. The van der Waals surface area contributed by atoms with E-state index in [2.05, 4.69) is 10.3 Å². The Labute approximate surface area is 194 Å². The first-order valence-corrected chi connectivity index (χ1v) is 10.7. The minimum absolute atomic E-state index is 0.146. The van der Waals surface area contributed by atoms with Gasteiger partial charge in [-0.25, -0.2) is 14.3 Å². The average molecular weight is 452 g/mol. The topological polar surface area (TPSA) is 113 Å². The molecule has 34 heavy (non-hydrogen) atoms. The molecule has 0 amide bonds. The van der Waals surface area contributed by atoms with E-state index in [0.29, 0.717) is 22.4 Å². The van der Waals surface area contributed by atoms with E-state index in [9.17, 15) is 9.59 Å². The number of carbonyl (C=O) groups is 1. The van der Waals surface area contributed by atoms with Crippen LogP contribution < -0.4 is 11.4 Å². The van der Waals surface area contributed by atoms with Gasteiger partial charge in [-0.15, -0.1) is 5.10 Å². The standard InChI is InChI=1S/C26H20N4O4/c1-2-33-25(31)22-14-19-13-21(11-12-24(19)34-26(22)32)30-15-23(28-29-30)18-5-3-16(4-6-18)17-7-9-20(27)10-8-17/h3-15H,2,27H2,1H3. The fourth-order valence-corrected chi connectivity index (χ4v) is 3.64. The van der Waals surface area contributed by atoms with Crippen LogP contribution in [-0.2, 0) is 4.74 Å². The molecule has 0 radical (unpaired) electrons. The number of nitrogens with two attached hydrogens (primary N) is 1. The molecule has 5 aromatic rings. The van der Waals surface area contributed by atoms with Gasteiger partial charge in [-0.05, 0) is 54.4 Å². The molecule has 3 aromatic carbocycles. The highest BCUT2D eigenvalue weighted by Gasteiger charge is 2.15. The third-order valence-corrected chi connectivity index (χ3v) is 5.39. The fourth-order valence-electron chi connectivity index (χ4n) is 3.64. The van der Waals surface area contributed by atoms with Gasteiger partial charge in [0, 0.05) is 16.6 Å². The minimum atomic E-state index is -0.732. The number of esters is 1. The zero-order valence-electron chi connectivity index (χ0n) is 18.3. The van der Waals surface area contributed by atoms with Crippen molar-refractivity contribution in [3.8, 4) is 28.1 Å². The van der Waals surface area contributed by atoms with Crippen molar-refractivity contribution in [2.24, 2.45) is 0 Å². The summed E-state index contributed by atoms with van der Waals surface area (Å²) in [7, 11) is 0. The second-order valence-electron chi connectivity index (χ2n) is 7.64. The number of nitrogen functional groups attached to an aromatic ring is 1. The first-order valence-electron chi connectivity index (χ1n) is 10.7. The Hall–Kier alpha value is -4.72. The van der Waals surface area contributed by atoms with Crippen molar-refractivity contribution >= 4 is 22.6 Å². The molecule has 0 aliphatic rings. The van der Waals surface area contributed by atoms with E-state index in [4.69, 9.17) is 14.9 Å². The van der Waals surface area contributed by atoms with E-state index in [-0.39, 0.29) is 12.2 Å². The van der Waals surface area contributed by atoms with Crippen LogP contribution in [0.3, 0.4) is 0 Å². The van der Waals surface area contributed by atoms with Gasteiger partial charge in [0.05, 0.1) is 18.5 Å². The zero-order valence-corrected chi connectivity index (χ0v) is 18.3. The van der Waals surface area contributed by atoms with Crippen molar-refractivity contribution in [3.05, 3.63) is 95.0 Å². The summed E-state index contributed by atoms with van der Waals surface area (Å²) in [5.74, 6) is -0.714. The zero-order chi connectivity index (χ0) is 23.7. The molecule has 168 valence electrons. The third-order valence-electron chi connectivity index (χ3n) is 5.39. The highest BCUT2D eigenvalue weighted by molar-refractivity contribution is 5.93. The monoisotopic (exact) mass is 452 g/mol. The summed E-state index contributed by atoms with van der Waals surface area (Å²) >= 11 is 0. The average Bonchev–Trinajstić information content (AvgIpc) is 3.34. The summed E-state index contributed by atoms with van der Waals surface area (Å²) < 4.78 is 11.8. The van der Waals surface area contributed by atoms with Gasteiger partial charge in [0.25, 0.3) is 0 Å². The maximum Gasteiger partial charge on any atom is 0.351 e. The van der Waals surface area contributed by atoms with E-state index in [1.54, 1.807) is 29.8 Å². The lowest BCUT2D eigenvalue weighted by Crippen LogP contribution is -2.16. The summed E-state index contributed by atoms with van der Waals surface area (Å²) in [5, 5.41) is 9.10. The minimum Gasteiger partial charge on any atom is -0.462 e. The molecule has 5 rings (SSSR count). The normalized spacial score (nSPS) is 11.0. The van der Waals surface area contributed by atoms with Crippen LogP contribution in [0.5, 0.6) is 0 Å². The van der Waals surface area contributed by atoms with Crippen molar-refractivity contribution in [1.82, 2.24) is 15.0 Å². The predicted molar refractivity (Wildman–Crippen MR) is 129 cm³/mol. The van der Waals surface area contributed by atoms with E-state index in [1.807, 2.05) is 54.7 Å². The molecular formula is C26H20N4O4. The SMILES string of the molecule is CCOC(=O)c1cc2cc(-n3cc(-c4ccc(-c5ccc(N)cc5)cc4)nn3)ccc2oc1=O. The van der Waals surface area contributed by atoms with Crippen molar-refractivity contribution in [3.63, 3.8) is 0 Å². The molecule has 0 fully saturated rings. The van der Waals surface area contributed by atoms with Crippen LogP contribution in [0.4, 0.5) is 5.69 Å². The molecular weight excluding hydrogens is 432 g/mol. The summed E-state index contributed by atoms with van der Waals surface area (Å²) in [5.41, 5.74) is 10.5. The molecule has 0 atom stereocenters. The number of fused-ring (bicyclic) bond motifs is 1. The quantitative estimate of drug-likeness (QED) is 0.238. The van der Waals surface area contributed by atoms with E-state index in [1.165, 1.54) is 6.07 Å². The number of anilines is 1. The van der Waals surface area contributed by atoms with Crippen molar-refractivity contribution in [1.29, 1.82) is 0 Å². The lowest BCUT2D eigenvalue weighted by atomic mass is 10.0. The molecule has 2 heterocycles. The fraction of sp³-hybridized carbons (Fsp3) is 0.0769. The Morgan fingerprint density at radius 2 is 1.65 bits per heavy atom.